The van der Waals surface area contributed by atoms with E-state index in [4.69, 9.17) is 4.74 Å². The number of nitrogens with zero attached hydrogens (tertiary/aromatic N) is 1. The standard InChI is InChI=1S/C26H34N4O4/c1-18-4-8-21(9-5-18)24(31)29-23(25(32)27-14-17-34-3)20-12-15-30(16-13-20)26(33)28-22-10-6-19(2)7-11-22/h4-11,20,23H,12-17H2,1-3H3,(H,27,32)(H,28,33)(H,29,31)/t23-/m0/s1. The molecule has 0 aromatic heterocycles. The van der Waals surface area contributed by atoms with Crippen molar-refractivity contribution in [1.29, 1.82) is 0 Å². The van der Waals surface area contributed by atoms with E-state index in [0.29, 0.717) is 44.6 Å². The number of urea groups is 1. The highest BCUT2D eigenvalue weighted by Gasteiger charge is 2.34. The molecule has 0 unspecified atom stereocenters. The van der Waals surface area contributed by atoms with Crippen LogP contribution in [0.5, 0.6) is 0 Å². The average Bonchev–Trinajstić information content (AvgIpc) is 2.84. The van der Waals surface area contributed by atoms with Gasteiger partial charge in [0.25, 0.3) is 5.91 Å². The minimum absolute atomic E-state index is 0.0830. The van der Waals surface area contributed by atoms with Gasteiger partial charge in [0.05, 0.1) is 6.61 Å². The molecule has 2 aromatic carbocycles. The molecule has 0 saturated carbocycles. The van der Waals surface area contributed by atoms with Gasteiger partial charge in [-0.1, -0.05) is 35.4 Å². The van der Waals surface area contributed by atoms with Crippen LogP contribution in [-0.4, -0.2) is 62.1 Å². The van der Waals surface area contributed by atoms with Crippen LogP contribution in [-0.2, 0) is 9.53 Å². The number of methoxy groups -OCH3 is 1. The number of likely N-dealkylation sites (tertiary alicyclic amines) is 1. The first-order valence-electron chi connectivity index (χ1n) is 11.6. The second kappa shape index (κ2) is 12.2. The minimum Gasteiger partial charge on any atom is -0.383 e. The number of piperidine rings is 1. The van der Waals surface area contributed by atoms with Crippen molar-refractivity contribution in [3.63, 3.8) is 0 Å². The molecule has 0 spiro atoms. The van der Waals surface area contributed by atoms with Gasteiger partial charge in [0, 0.05) is 38.0 Å². The molecule has 34 heavy (non-hydrogen) atoms. The Hall–Kier alpha value is -3.39. The quantitative estimate of drug-likeness (QED) is 0.521. The van der Waals surface area contributed by atoms with Crippen LogP contribution in [0.3, 0.4) is 0 Å². The molecule has 1 heterocycles. The number of ether oxygens (including phenoxy) is 1. The maximum absolute atomic E-state index is 12.9. The van der Waals surface area contributed by atoms with Crippen LogP contribution in [0.4, 0.5) is 10.5 Å². The zero-order valence-electron chi connectivity index (χ0n) is 20.1. The lowest BCUT2D eigenvalue weighted by molar-refractivity contribution is -0.124. The highest BCUT2D eigenvalue weighted by atomic mass is 16.5. The number of benzene rings is 2. The summed E-state index contributed by atoms with van der Waals surface area (Å²) in [6, 6.07) is 14.0. The maximum Gasteiger partial charge on any atom is 0.321 e. The topological polar surface area (TPSA) is 99.8 Å². The van der Waals surface area contributed by atoms with Gasteiger partial charge in [-0.2, -0.15) is 0 Å². The second-order valence-corrected chi connectivity index (χ2v) is 8.72. The smallest absolute Gasteiger partial charge is 0.321 e. The van der Waals surface area contributed by atoms with Crippen LogP contribution in [0.1, 0.15) is 34.3 Å². The van der Waals surface area contributed by atoms with E-state index in [0.717, 1.165) is 16.8 Å². The molecular formula is C26H34N4O4. The Bertz CT molecular complexity index is 967. The fourth-order valence-corrected chi connectivity index (χ4v) is 3.99. The lowest BCUT2D eigenvalue weighted by Gasteiger charge is -2.35. The Morgan fingerprint density at radius 3 is 2.15 bits per heavy atom. The normalized spacial score (nSPS) is 14.9. The fourth-order valence-electron chi connectivity index (χ4n) is 3.99. The molecule has 4 amide bonds. The van der Waals surface area contributed by atoms with Gasteiger partial charge in [0.2, 0.25) is 5.91 Å². The molecule has 0 aliphatic carbocycles. The van der Waals surface area contributed by atoms with Crippen LogP contribution in [0.15, 0.2) is 48.5 Å². The number of rotatable bonds is 8. The molecule has 1 atom stereocenters. The Kier molecular flexibility index (Phi) is 9.04. The number of hydrogen-bond acceptors (Lipinski definition) is 4. The van der Waals surface area contributed by atoms with Crippen molar-refractivity contribution in [2.45, 2.75) is 32.7 Å². The first-order chi connectivity index (χ1) is 16.4. The fraction of sp³-hybridized carbons (Fsp3) is 0.423. The Balaban J connectivity index is 1.62. The van der Waals surface area contributed by atoms with E-state index >= 15 is 0 Å². The Morgan fingerprint density at radius 1 is 0.971 bits per heavy atom. The summed E-state index contributed by atoms with van der Waals surface area (Å²) in [6.07, 6.45) is 1.22. The van der Waals surface area contributed by atoms with Crippen LogP contribution in [0, 0.1) is 19.8 Å². The second-order valence-electron chi connectivity index (χ2n) is 8.72. The van der Waals surface area contributed by atoms with Gasteiger partial charge in [0.1, 0.15) is 6.04 Å². The zero-order valence-corrected chi connectivity index (χ0v) is 20.1. The summed E-state index contributed by atoms with van der Waals surface area (Å²) in [5.74, 6) is -0.605. The van der Waals surface area contributed by atoms with Gasteiger partial charge < -0.3 is 25.6 Å². The summed E-state index contributed by atoms with van der Waals surface area (Å²) in [5, 5.41) is 8.70. The lowest BCUT2D eigenvalue weighted by atomic mass is 9.88. The number of nitrogens with one attached hydrogen (secondary N) is 3. The largest absolute Gasteiger partial charge is 0.383 e. The molecular weight excluding hydrogens is 432 g/mol. The van der Waals surface area contributed by atoms with E-state index in [1.165, 1.54) is 0 Å². The number of aryl methyl sites for hydroxylation is 2. The van der Waals surface area contributed by atoms with Crippen molar-refractivity contribution >= 4 is 23.5 Å². The molecule has 2 aromatic rings. The molecule has 8 nitrogen and oxygen atoms in total. The van der Waals surface area contributed by atoms with Crippen molar-refractivity contribution in [2.24, 2.45) is 5.92 Å². The molecule has 1 saturated heterocycles. The molecule has 0 bridgehead atoms. The maximum atomic E-state index is 12.9. The monoisotopic (exact) mass is 466 g/mol. The van der Waals surface area contributed by atoms with Crippen molar-refractivity contribution in [3.05, 3.63) is 65.2 Å². The SMILES string of the molecule is COCCNC(=O)[C@@H](NC(=O)c1ccc(C)cc1)C1CCN(C(=O)Nc2ccc(C)cc2)CC1. The number of amides is 4. The van der Waals surface area contributed by atoms with Gasteiger partial charge in [-0.05, 0) is 56.9 Å². The highest BCUT2D eigenvalue weighted by molar-refractivity contribution is 5.97. The van der Waals surface area contributed by atoms with E-state index in [-0.39, 0.29) is 23.8 Å². The Labute approximate surface area is 201 Å². The summed E-state index contributed by atoms with van der Waals surface area (Å²) in [6.45, 7) is 5.72. The van der Waals surface area contributed by atoms with Crippen LogP contribution in [0.2, 0.25) is 0 Å². The lowest BCUT2D eigenvalue weighted by Crippen LogP contribution is -2.54. The molecule has 8 heteroatoms. The van der Waals surface area contributed by atoms with E-state index < -0.39 is 6.04 Å². The van der Waals surface area contributed by atoms with Crippen LogP contribution < -0.4 is 16.0 Å². The summed E-state index contributed by atoms with van der Waals surface area (Å²) >= 11 is 0. The predicted octanol–water partition coefficient (Wildman–Crippen LogP) is 3.11. The van der Waals surface area contributed by atoms with Gasteiger partial charge in [-0.25, -0.2) is 4.79 Å². The number of carbonyl (C=O) groups excluding carboxylic acids is 3. The van der Waals surface area contributed by atoms with Crippen molar-refractivity contribution in [2.75, 3.05) is 38.7 Å². The third-order valence-electron chi connectivity index (χ3n) is 6.09. The first kappa shape index (κ1) is 25.2. The summed E-state index contributed by atoms with van der Waals surface area (Å²) in [4.78, 5) is 40.2. The zero-order chi connectivity index (χ0) is 24.5. The molecule has 3 N–H and O–H groups in total. The van der Waals surface area contributed by atoms with E-state index in [9.17, 15) is 14.4 Å². The average molecular weight is 467 g/mol. The van der Waals surface area contributed by atoms with E-state index in [2.05, 4.69) is 16.0 Å². The van der Waals surface area contributed by atoms with Gasteiger partial charge >= 0.3 is 6.03 Å². The van der Waals surface area contributed by atoms with Gasteiger partial charge in [0.15, 0.2) is 0 Å². The molecule has 1 aliphatic rings. The van der Waals surface area contributed by atoms with E-state index in [1.54, 1.807) is 24.1 Å². The summed E-state index contributed by atoms with van der Waals surface area (Å²) in [7, 11) is 1.57. The van der Waals surface area contributed by atoms with Crippen molar-refractivity contribution in [1.82, 2.24) is 15.5 Å². The molecule has 1 fully saturated rings. The summed E-state index contributed by atoms with van der Waals surface area (Å²) in [5.41, 5.74) is 3.44. The number of carbonyl (C=O) groups is 3. The molecule has 182 valence electrons. The van der Waals surface area contributed by atoms with Gasteiger partial charge in [-0.3, -0.25) is 9.59 Å². The van der Waals surface area contributed by atoms with Crippen LogP contribution in [0.25, 0.3) is 0 Å². The number of hydrogen-bond donors (Lipinski definition) is 3. The minimum atomic E-state index is -0.687. The third kappa shape index (κ3) is 7.05. The third-order valence-corrected chi connectivity index (χ3v) is 6.09. The molecule has 1 aliphatic heterocycles. The van der Waals surface area contributed by atoms with Gasteiger partial charge in [-0.15, -0.1) is 0 Å². The number of anilines is 1. The van der Waals surface area contributed by atoms with Crippen LogP contribution >= 0.6 is 0 Å². The highest BCUT2D eigenvalue weighted by Crippen LogP contribution is 2.22. The van der Waals surface area contributed by atoms with Crippen molar-refractivity contribution < 1.29 is 19.1 Å². The Morgan fingerprint density at radius 2 is 1.56 bits per heavy atom. The van der Waals surface area contributed by atoms with Crippen molar-refractivity contribution in [3.8, 4) is 0 Å². The molecule has 3 rings (SSSR count). The molecule has 0 radical (unpaired) electrons. The predicted molar refractivity (Wildman–Crippen MR) is 132 cm³/mol. The van der Waals surface area contributed by atoms with E-state index in [1.807, 2.05) is 50.2 Å². The summed E-state index contributed by atoms with van der Waals surface area (Å²) < 4.78 is 5.02. The first-order valence-corrected chi connectivity index (χ1v) is 11.6.